The molecule has 0 spiro atoms. The molecule has 1 atom stereocenters. The number of nitrogens with zero attached hydrogens (tertiary/aromatic N) is 2. The third-order valence-corrected chi connectivity index (χ3v) is 3.62. The van der Waals surface area contributed by atoms with E-state index in [-0.39, 0.29) is 0 Å². The molecule has 98 valence electrons. The van der Waals surface area contributed by atoms with Crippen molar-refractivity contribution in [3.05, 3.63) is 60.4 Å². The van der Waals surface area contributed by atoms with Crippen molar-refractivity contribution in [1.82, 2.24) is 15.1 Å². The number of aromatic nitrogens is 2. The molecular weight excluding hydrogens is 234 g/mol. The first-order valence-corrected chi connectivity index (χ1v) is 6.81. The Bertz CT molecular complexity index is 540. The van der Waals surface area contributed by atoms with Gasteiger partial charge in [-0.2, -0.15) is 5.10 Å². The summed E-state index contributed by atoms with van der Waals surface area (Å²) in [5.41, 5.74) is 2.59. The van der Waals surface area contributed by atoms with Crippen LogP contribution in [0, 0.1) is 5.92 Å². The third kappa shape index (κ3) is 2.93. The van der Waals surface area contributed by atoms with E-state index in [1.165, 1.54) is 24.0 Å². The molecule has 1 aromatic carbocycles. The van der Waals surface area contributed by atoms with Gasteiger partial charge in [0, 0.05) is 30.5 Å². The second-order valence-corrected chi connectivity index (χ2v) is 5.12. The van der Waals surface area contributed by atoms with E-state index in [2.05, 4.69) is 47.3 Å². The van der Waals surface area contributed by atoms with Crippen LogP contribution >= 0.6 is 0 Å². The molecule has 1 aromatic heterocycles. The van der Waals surface area contributed by atoms with Gasteiger partial charge in [-0.05, 0) is 24.3 Å². The van der Waals surface area contributed by atoms with Crippen LogP contribution in [0.3, 0.4) is 0 Å². The summed E-state index contributed by atoms with van der Waals surface area (Å²) in [6, 6.07) is 11.2. The van der Waals surface area contributed by atoms with Gasteiger partial charge < -0.3 is 5.32 Å². The minimum atomic E-state index is 0.466. The Labute approximate surface area is 114 Å². The molecule has 1 heterocycles. The molecule has 1 saturated carbocycles. The van der Waals surface area contributed by atoms with Crippen molar-refractivity contribution < 1.29 is 0 Å². The Morgan fingerprint density at radius 3 is 2.79 bits per heavy atom. The topological polar surface area (TPSA) is 29.9 Å². The van der Waals surface area contributed by atoms with Crippen LogP contribution in [0.25, 0.3) is 6.20 Å². The zero-order valence-electron chi connectivity index (χ0n) is 11.0. The van der Waals surface area contributed by atoms with Crippen LogP contribution in [0.5, 0.6) is 0 Å². The van der Waals surface area contributed by atoms with Crippen LogP contribution in [0.2, 0.25) is 0 Å². The fourth-order valence-corrected chi connectivity index (χ4v) is 2.44. The maximum Gasteiger partial charge on any atom is 0.0538 e. The summed E-state index contributed by atoms with van der Waals surface area (Å²) in [6.07, 6.45) is 8.27. The minimum Gasteiger partial charge on any atom is -0.305 e. The SMILES string of the molecule is C=Cn1cc(CNC(c2ccccc2)C2CC2)cn1. The highest BCUT2D eigenvalue weighted by Gasteiger charge is 2.31. The molecule has 0 saturated heterocycles. The van der Waals surface area contributed by atoms with Crippen LogP contribution in [-0.2, 0) is 6.54 Å². The summed E-state index contributed by atoms with van der Waals surface area (Å²) in [5.74, 6) is 0.789. The van der Waals surface area contributed by atoms with Gasteiger partial charge in [-0.1, -0.05) is 36.9 Å². The van der Waals surface area contributed by atoms with Crippen molar-refractivity contribution in [3.63, 3.8) is 0 Å². The summed E-state index contributed by atoms with van der Waals surface area (Å²) < 4.78 is 1.74. The van der Waals surface area contributed by atoms with Crippen molar-refractivity contribution >= 4 is 6.20 Å². The van der Waals surface area contributed by atoms with Crippen LogP contribution in [0.15, 0.2) is 49.3 Å². The van der Waals surface area contributed by atoms with Crippen molar-refractivity contribution in [2.45, 2.75) is 25.4 Å². The average Bonchev–Trinajstić information content (AvgIpc) is 3.18. The quantitative estimate of drug-likeness (QED) is 0.856. The lowest BCUT2D eigenvalue weighted by Crippen LogP contribution is -2.22. The van der Waals surface area contributed by atoms with E-state index in [0.717, 1.165) is 12.5 Å². The molecule has 1 aliphatic carbocycles. The largest absolute Gasteiger partial charge is 0.305 e. The molecule has 3 rings (SSSR count). The highest BCUT2D eigenvalue weighted by molar-refractivity contribution is 5.22. The van der Waals surface area contributed by atoms with E-state index >= 15 is 0 Å². The van der Waals surface area contributed by atoms with Crippen molar-refractivity contribution in [2.75, 3.05) is 0 Å². The molecule has 3 nitrogen and oxygen atoms in total. The predicted octanol–water partition coefficient (Wildman–Crippen LogP) is 3.22. The lowest BCUT2D eigenvalue weighted by molar-refractivity contribution is 0.480. The van der Waals surface area contributed by atoms with Gasteiger partial charge in [0.2, 0.25) is 0 Å². The van der Waals surface area contributed by atoms with Gasteiger partial charge in [0.15, 0.2) is 0 Å². The molecule has 1 fully saturated rings. The molecule has 19 heavy (non-hydrogen) atoms. The zero-order valence-corrected chi connectivity index (χ0v) is 11.0. The van der Waals surface area contributed by atoms with E-state index in [0.29, 0.717) is 6.04 Å². The molecule has 2 aromatic rings. The van der Waals surface area contributed by atoms with Gasteiger partial charge >= 0.3 is 0 Å². The van der Waals surface area contributed by atoms with Gasteiger partial charge in [-0.15, -0.1) is 0 Å². The number of hydrogen-bond donors (Lipinski definition) is 1. The van der Waals surface area contributed by atoms with Crippen LogP contribution in [0.1, 0.15) is 30.0 Å². The maximum atomic E-state index is 4.20. The Morgan fingerprint density at radius 1 is 1.37 bits per heavy atom. The van der Waals surface area contributed by atoms with Crippen LogP contribution < -0.4 is 5.32 Å². The molecule has 0 amide bonds. The van der Waals surface area contributed by atoms with Crippen molar-refractivity contribution in [3.8, 4) is 0 Å². The van der Waals surface area contributed by atoms with Gasteiger partial charge in [-0.25, -0.2) is 4.68 Å². The first kappa shape index (κ1) is 12.2. The molecule has 1 N–H and O–H groups in total. The molecule has 0 bridgehead atoms. The van der Waals surface area contributed by atoms with Gasteiger partial charge in [0.25, 0.3) is 0 Å². The maximum absolute atomic E-state index is 4.20. The molecular formula is C16H19N3. The normalized spacial score (nSPS) is 16.2. The van der Waals surface area contributed by atoms with Crippen LogP contribution in [-0.4, -0.2) is 9.78 Å². The Hall–Kier alpha value is -1.87. The number of hydrogen-bond acceptors (Lipinski definition) is 2. The van der Waals surface area contributed by atoms with Gasteiger partial charge in [-0.3, -0.25) is 0 Å². The summed E-state index contributed by atoms with van der Waals surface area (Å²) >= 11 is 0. The second-order valence-electron chi connectivity index (χ2n) is 5.12. The van der Waals surface area contributed by atoms with Gasteiger partial charge in [0.05, 0.1) is 6.20 Å². The Morgan fingerprint density at radius 2 is 2.16 bits per heavy atom. The van der Waals surface area contributed by atoms with Crippen molar-refractivity contribution in [2.24, 2.45) is 5.92 Å². The van der Waals surface area contributed by atoms with Gasteiger partial charge in [0.1, 0.15) is 0 Å². The Balaban J connectivity index is 1.67. The van der Waals surface area contributed by atoms with E-state index < -0.39 is 0 Å². The number of rotatable bonds is 6. The molecule has 1 unspecified atom stereocenters. The lowest BCUT2D eigenvalue weighted by atomic mass is 10.0. The smallest absolute Gasteiger partial charge is 0.0538 e. The zero-order chi connectivity index (χ0) is 13.1. The highest BCUT2D eigenvalue weighted by atomic mass is 15.2. The van der Waals surface area contributed by atoms with E-state index in [4.69, 9.17) is 0 Å². The van der Waals surface area contributed by atoms with Crippen molar-refractivity contribution in [1.29, 1.82) is 0 Å². The van der Waals surface area contributed by atoms with E-state index in [9.17, 15) is 0 Å². The molecule has 1 aliphatic rings. The monoisotopic (exact) mass is 253 g/mol. The summed E-state index contributed by atoms with van der Waals surface area (Å²) in [7, 11) is 0. The first-order chi connectivity index (χ1) is 9.36. The summed E-state index contributed by atoms with van der Waals surface area (Å²) in [4.78, 5) is 0. The van der Waals surface area contributed by atoms with E-state index in [1.807, 2.05) is 12.4 Å². The third-order valence-electron chi connectivity index (χ3n) is 3.62. The Kier molecular flexibility index (Phi) is 3.47. The fraction of sp³-hybridized carbons (Fsp3) is 0.312. The first-order valence-electron chi connectivity index (χ1n) is 6.81. The second kappa shape index (κ2) is 5.41. The summed E-state index contributed by atoms with van der Waals surface area (Å²) in [5, 5.41) is 7.87. The van der Waals surface area contributed by atoms with Crippen LogP contribution in [0.4, 0.5) is 0 Å². The summed E-state index contributed by atoms with van der Waals surface area (Å²) in [6.45, 7) is 4.56. The predicted molar refractivity (Wildman–Crippen MR) is 77.4 cm³/mol. The molecule has 3 heteroatoms. The number of nitrogens with one attached hydrogen (secondary N) is 1. The highest BCUT2D eigenvalue weighted by Crippen LogP contribution is 2.41. The molecule has 0 aliphatic heterocycles. The minimum absolute atomic E-state index is 0.466. The lowest BCUT2D eigenvalue weighted by Gasteiger charge is -2.18. The number of benzene rings is 1. The fourth-order valence-electron chi connectivity index (χ4n) is 2.44. The van der Waals surface area contributed by atoms with E-state index in [1.54, 1.807) is 10.9 Å². The standard InChI is InChI=1S/C16H19N3/c1-2-19-12-13(11-18-19)10-17-16(15-8-9-15)14-6-4-3-5-7-14/h2-7,11-12,15-17H,1,8-10H2. The average molecular weight is 253 g/mol. The molecule has 0 radical (unpaired) electrons.